The van der Waals surface area contributed by atoms with E-state index in [9.17, 15) is 9.59 Å². The van der Waals surface area contributed by atoms with Gasteiger partial charge in [-0.25, -0.2) is 4.79 Å². The maximum absolute atomic E-state index is 14.5. The molecule has 0 bridgehead atoms. The number of anilines is 1. The number of carbonyl (C=O) groups excluding carboxylic acids is 2. The lowest BCUT2D eigenvalue weighted by Gasteiger charge is -2.44. The highest BCUT2D eigenvalue weighted by Gasteiger charge is 2.56. The summed E-state index contributed by atoms with van der Waals surface area (Å²) >= 11 is 6.32. The van der Waals surface area contributed by atoms with Crippen LogP contribution in [-0.4, -0.2) is 56.3 Å². The lowest BCUT2D eigenvalue weighted by molar-refractivity contribution is -0.150. The molecule has 2 aromatic carbocycles. The van der Waals surface area contributed by atoms with E-state index in [4.69, 9.17) is 35.4 Å². The third-order valence-electron chi connectivity index (χ3n) is 7.11. The fraction of sp³-hybridized carbons (Fsp3) is 0.407. The number of rotatable bonds is 5. The number of ether oxygens (including phenoxy) is 4. The molecule has 0 unspecified atom stereocenters. The van der Waals surface area contributed by atoms with E-state index in [1.807, 2.05) is 25.0 Å². The van der Waals surface area contributed by atoms with Gasteiger partial charge in [-0.1, -0.05) is 11.6 Å². The fourth-order valence-electron chi connectivity index (χ4n) is 5.52. The molecule has 1 amide bonds. The third kappa shape index (κ3) is 4.31. The summed E-state index contributed by atoms with van der Waals surface area (Å²) in [5, 5.41) is 2.39. The van der Waals surface area contributed by atoms with Gasteiger partial charge in [-0.2, -0.15) is 5.06 Å². The molecule has 0 aromatic heterocycles. The summed E-state index contributed by atoms with van der Waals surface area (Å²) in [6.45, 7) is 6.78. The van der Waals surface area contributed by atoms with Crippen LogP contribution in [0.4, 0.5) is 10.5 Å². The molecule has 1 fully saturated rings. The van der Waals surface area contributed by atoms with Gasteiger partial charge in [-0.3, -0.25) is 9.69 Å². The molecule has 1 saturated heterocycles. The number of nitrogens with zero attached hydrogens (tertiary/aromatic N) is 2. The first kappa shape index (κ1) is 25.4. The Hall–Kier alpha value is -3.27. The maximum Gasteiger partial charge on any atom is 0.513 e. The molecular weight excluding hydrogens is 500 g/mol. The monoisotopic (exact) mass is 528 g/mol. The quantitative estimate of drug-likeness (QED) is 0.500. The Balaban J connectivity index is 1.73. The van der Waals surface area contributed by atoms with Crippen LogP contribution in [0, 0.1) is 13.8 Å². The number of amides is 1. The van der Waals surface area contributed by atoms with E-state index in [1.165, 1.54) is 0 Å². The highest BCUT2D eigenvalue weighted by Crippen LogP contribution is 2.51. The van der Waals surface area contributed by atoms with Gasteiger partial charge in [0.25, 0.3) is 5.91 Å². The predicted molar refractivity (Wildman–Crippen MR) is 137 cm³/mol. The standard InChI is InChI=1S/C27H29ClN2O7/c1-5-34-26(32)37-24-23(22-16(2)12-18(28)13-17(22)3)25(31)30(27(24)8-10-29(33-4)11-9-27)19-6-7-20-21(14-19)36-15-35-20/h6-7,12-14H,5,8-11,15H2,1-4H3. The van der Waals surface area contributed by atoms with E-state index in [0.29, 0.717) is 59.3 Å². The molecule has 0 N–H and O–H groups in total. The maximum atomic E-state index is 14.5. The minimum Gasteiger partial charge on any atom is -0.454 e. The first-order valence-corrected chi connectivity index (χ1v) is 12.6. The van der Waals surface area contributed by atoms with E-state index in [-0.39, 0.29) is 25.1 Å². The Kier molecular flexibility index (Phi) is 6.78. The molecule has 196 valence electrons. The number of piperidine rings is 1. The molecule has 0 saturated carbocycles. The second-order valence-corrected chi connectivity index (χ2v) is 9.66. The fourth-order valence-corrected chi connectivity index (χ4v) is 5.85. The van der Waals surface area contributed by atoms with Crippen LogP contribution in [-0.2, 0) is 19.1 Å². The molecule has 5 rings (SSSR count). The van der Waals surface area contributed by atoms with Crippen molar-refractivity contribution in [3.8, 4) is 11.5 Å². The molecule has 3 heterocycles. The van der Waals surface area contributed by atoms with Crippen LogP contribution in [0.25, 0.3) is 5.57 Å². The summed E-state index contributed by atoms with van der Waals surface area (Å²) in [6, 6.07) is 9.00. The van der Waals surface area contributed by atoms with Crippen LogP contribution in [0.3, 0.4) is 0 Å². The van der Waals surface area contributed by atoms with E-state index < -0.39 is 11.7 Å². The normalized spacial score (nSPS) is 18.6. The average molecular weight is 529 g/mol. The third-order valence-corrected chi connectivity index (χ3v) is 7.33. The van der Waals surface area contributed by atoms with Crippen molar-refractivity contribution in [3.05, 3.63) is 57.8 Å². The van der Waals surface area contributed by atoms with Crippen molar-refractivity contribution >= 4 is 34.9 Å². The summed E-state index contributed by atoms with van der Waals surface area (Å²) in [6.07, 6.45) is 0.0729. The van der Waals surface area contributed by atoms with Gasteiger partial charge in [0.05, 0.1) is 19.3 Å². The van der Waals surface area contributed by atoms with Crippen molar-refractivity contribution in [1.82, 2.24) is 5.06 Å². The molecule has 10 heteroatoms. The van der Waals surface area contributed by atoms with E-state index in [1.54, 1.807) is 43.2 Å². The van der Waals surface area contributed by atoms with Gasteiger partial charge in [-0.15, -0.1) is 0 Å². The summed E-state index contributed by atoms with van der Waals surface area (Å²) < 4.78 is 22.2. The Morgan fingerprint density at radius 2 is 1.76 bits per heavy atom. The van der Waals surface area contributed by atoms with E-state index in [2.05, 4.69) is 0 Å². The topological polar surface area (TPSA) is 86.8 Å². The van der Waals surface area contributed by atoms with Gasteiger partial charge < -0.3 is 23.8 Å². The smallest absolute Gasteiger partial charge is 0.454 e. The van der Waals surface area contributed by atoms with Crippen molar-refractivity contribution in [1.29, 1.82) is 0 Å². The number of fused-ring (bicyclic) bond motifs is 1. The molecule has 9 nitrogen and oxygen atoms in total. The van der Waals surface area contributed by atoms with E-state index >= 15 is 0 Å². The van der Waals surface area contributed by atoms with Gasteiger partial charge in [-0.05, 0) is 74.6 Å². The second kappa shape index (κ2) is 9.89. The van der Waals surface area contributed by atoms with Crippen molar-refractivity contribution in [2.45, 2.75) is 39.2 Å². The average Bonchev–Trinajstić information content (AvgIpc) is 3.41. The zero-order chi connectivity index (χ0) is 26.3. The summed E-state index contributed by atoms with van der Waals surface area (Å²) in [7, 11) is 1.62. The van der Waals surface area contributed by atoms with Gasteiger partial charge in [0, 0.05) is 29.9 Å². The van der Waals surface area contributed by atoms with Crippen LogP contribution in [0.2, 0.25) is 5.02 Å². The zero-order valence-electron chi connectivity index (χ0n) is 21.3. The summed E-state index contributed by atoms with van der Waals surface area (Å²) in [5.41, 5.74) is 2.27. The van der Waals surface area contributed by atoms with Gasteiger partial charge >= 0.3 is 6.16 Å². The molecule has 37 heavy (non-hydrogen) atoms. The highest BCUT2D eigenvalue weighted by atomic mass is 35.5. The summed E-state index contributed by atoms with van der Waals surface area (Å²) in [4.78, 5) is 34.4. The van der Waals surface area contributed by atoms with Crippen LogP contribution in [0.5, 0.6) is 11.5 Å². The SMILES string of the molecule is CCOC(=O)OC1=C(c2c(C)cc(Cl)cc2C)C(=O)N(c2ccc3c(c2)OCO3)C12CCN(OC)CC2. The zero-order valence-corrected chi connectivity index (χ0v) is 22.0. The molecule has 0 aliphatic carbocycles. The van der Waals surface area contributed by atoms with Gasteiger partial charge in [0.2, 0.25) is 6.79 Å². The number of benzene rings is 2. The first-order valence-electron chi connectivity index (χ1n) is 12.2. The molecule has 0 atom stereocenters. The Bertz CT molecular complexity index is 1260. The lowest BCUT2D eigenvalue weighted by atomic mass is 9.84. The van der Waals surface area contributed by atoms with E-state index in [0.717, 1.165) is 11.1 Å². The van der Waals surface area contributed by atoms with Crippen molar-refractivity contribution < 1.29 is 33.4 Å². The largest absolute Gasteiger partial charge is 0.513 e. The van der Waals surface area contributed by atoms with Crippen LogP contribution in [0.15, 0.2) is 36.1 Å². The van der Waals surface area contributed by atoms with Crippen LogP contribution >= 0.6 is 11.6 Å². The lowest BCUT2D eigenvalue weighted by Crippen LogP contribution is -2.55. The first-order chi connectivity index (χ1) is 17.8. The van der Waals surface area contributed by atoms with Gasteiger partial charge in [0.1, 0.15) is 5.54 Å². The number of hydroxylamine groups is 2. The Labute approximate surface area is 220 Å². The van der Waals surface area contributed by atoms with Crippen molar-refractivity contribution in [3.63, 3.8) is 0 Å². The minimum absolute atomic E-state index is 0.116. The molecular formula is C27H29ClN2O7. The number of hydrogen-bond donors (Lipinski definition) is 0. The number of aryl methyl sites for hydroxylation is 2. The van der Waals surface area contributed by atoms with Crippen LogP contribution < -0.4 is 14.4 Å². The number of carbonyl (C=O) groups is 2. The molecule has 0 radical (unpaired) electrons. The second-order valence-electron chi connectivity index (χ2n) is 9.23. The molecule has 3 aliphatic heterocycles. The highest BCUT2D eigenvalue weighted by molar-refractivity contribution is 6.33. The van der Waals surface area contributed by atoms with Crippen molar-refractivity contribution in [2.75, 3.05) is 38.5 Å². The summed E-state index contributed by atoms with van der Waals surface area (Å²) in [5.74, 6) is 1.16. The van der Waals surface area contributed by atoms with Crippen molar-refractivity contribution in [2.24, 2.45) is 0 Å². The van der Waals surface area contributed by atoms with Gasteiger partial charge in [0.15, 0.2) is 17.3 Å². The Morgan fingerprint density at radius 3 is 2.41 bits per heavy atom. The minimum atomic E-state index is -0.958. The molecule has 1 spiro atoms. The number of halogens is 1. The predicted octanol–water partition coefficient (Wildman–Crippen LogP) is 5.01. The molecule has 2 aromatic rings. The van der Waals surface area contributed by atoms with Crippen LogP contribution in [0.1, 0.15) is 36.5 Å². The number of hydrogen-bond acceptors (Lipinski definition) is 8. The molecule has 3 aliphatic rings. The Morgan fingerprint density at radius 1 is 1.08 bits per heavy atom.